The molecular weight excluding hydrogens is 352 g/mol. The number of carbonyl (C=O) groups is 1. The fourth-order valence-electron chi connectivity index (χ4n) is 3.20. The smallest absolute Gasteiger partial charge is 0.274 e. The van der Waals surface area contributed by atoms with E-state index >= 15 is 0 Å². The van der Waals surface area contributed by atoms with Gasteiger partial charge in [-0.1, -0.05) is 17.7 Å². The molecule has 1 aliphatic heterocycles. The van der Waals surface area contributed by atoms with Gasteiger partial charge >= 0.3 is 0 Å². The zero-order valence-corrected chi connectivity index (χ0v) is 15.5. The van der Waals surface area contributed by atoms with Gasteiger partial charge in [0.05, 0.1) is 4.90 Å². The number of carbonyl (C=O) groups excluding carboxylic acids is 1. The van der Waals surface area contributed by atoms with Crippen molar-refractivity contribution in [2.45, 2.75) is 30.6 Å². The topological polar surface area (TPSA) is 86.4 Å². The Hall–Kier alpha value is -2.19. The first-order valence-electron chi connectivity index (χ1n) is 8.86. The highest BCUT2D eigenvalue weighted by molar-refractivity contribution is 7.89. The third kappa shape index (κ3) is 3.26. The second-order valence-corrected chi connectivity index (χ2v) is 8.93. The molecule has 1 amide bonds. The number of sulfonamides is 1. The van der Waals surface area contributed by atoms with Crippen LogP contribution in [0.5, 0.6) is 0 Å². The van der Waals surface area contributed by atoms with E-state index in [0.717, 1.165) is 24.1 Å². The third-order valence-electron chi connectivity index (χ3n) is 5.02. The molecule has 4 rings (SSSR count). The normalized spacial score (nSPS) is 18.9. The van der Waals surface area contributed by atoms with Gasteiger partial charge < -0.3 is 4.90 Å². The maximum absolute atomic E-state index is 12.7. The van der Waals surface area contributed by atoms with Crippen molar-refractivity contribution in [1.29, 1.82) is 0 Å². The SMILES string of the molecule is Cc1ccc(S(=O)(=O)N2CCN(C(=O)c3cc(C4CC4)[nH]n3)CC2)cc1. The van der Waals surface area contributed by atoms with Crippen molar-refractivity contribution in [1.82, 2.24) is 19.4 Å². The average Bonchev–Trinajstić information content (AvgIpc) is 3.38. The first kappa shape index (κ1) is 17.2. The summed E-state index contributed by atoms with van der Waals surface area (Å²) in [6, 6.07) is 8.68. The molecule has 1 aliphatic carbocycles. The van der Waals surface area contributed by atoms with Crippen molar-refractivity contribution in [3.63, 3.8) is 0 Å². The number of aromatic amines is 1. The maximum atomic E-state index is 12.7. The number of hydrogen-bond donors (Lipinski definition) is 1. The predicted octanol–water partition coefficient (Wildman–Crippen LogP) is 1.74. The second kappa shape index (κ2) is 6.51. The van der Waals surface area contributed by atoms with Crippen LogP contribution in [-0.4, -0.2) is 59.9 Å². The summed E-state index contributed by atoms with van der Waals surface area (Å²) in [5, 5.41) is 7.07. The van der Waals surface area contributed by atoms with Gasteiger partial charge in [-0.05, 0) is 38.0 Å². The standard InChI is InChI=1S/C18H22N4O3S/c1-13-2-6-15(7-3-13)26(24,25)22-10-8-21(9-11-22)18(23)17-12-16(19-20-17)14-4-5-14/h2-3,6-7,12,14H,4-5,8-11H2,1H3,(H,19,20). The molecule has 0 spiro atoms. The minimum Gasteiger partial charge on any atom is -0.335 e. The molecule has 138 valence electrons. The highest BCUT2D eigenvalue weighted by atomic mass is 32.2. The van der Waals surface area contributed by atoms with Gasteiger partial charge in [-0.15, -0.1) is 0 Å². The zero-order valence-electron chi connectivity index (χ0n) is 14.7. The van der Waals surface area contributed by atoms with Crippen LogP contribution in [0, 0.1) is 6.92 Å². The summed E-state index contributed by atoms with van der Waals surface area (Å²) < 4.78 is 26.9. The Kier molecular flexibility index (Phi) is 4.32. The van der Waals surface area contributed by atoms with Crippen molar-refractivity contribution < 1.29 is 13.2 Å². The molecule has 2 aromatic rings. The Labute approximate surface area is 153 Å². The van der Waals surface area contributed by atoms with Crippen LogP contribution in [0.1, 0.15) is 40.5 Å². The maximum Gasteiger partial charge on any atom is 0.274 e. The van der Waals surface area contributed by atoms with E-state index in [1.807, 2.05) is 13.0 Å². The highest BCUT2D eigenvalue weighted by Gasteiger charge is 2.32. The number of rotatable bonds is 4. The number of amides is 1. The number of aryl methyl sites for hydroxylation is 1. The van der Waals surface area contributed by atoms with Gasteiger partial charge in [0.2, 0.25) is 10.0 Å². The number of H-pyrrole nitrogens is 1. The molecule has 2 heterocycles. The van der Waals surface area contributed by atoms with Gasteiger partial charge in [-0.25, -0.2) is 8.42 Å². The summed E-state index contributed by atoms with van der Waals surface area (Å²) >= 11 is 0. The van der Waals surface area contributed by atoms with Gasteiger partial charge in [0.1, 0.15) is 5.69 Å². The Morgan fingerprint density at radius 3 is 2.38 bits per heavy atom. The molecule has 26 heavy (non-hydrogen) atoms. The van der Waals surface area contributed by atoms with Crippen molar-refractivity contribution in [3.8, 4) is 0 Å². The van der Waals surface area contributed by atoms with E-state index < -0.39 is 10.0 Å². The molecule has 2 fully saturated rings. The number of benzene rings is 1. The molecule has 0 radical (unpaired) electrons. The molecule has 2 aliphatic rings. The minimum absolute atomic E-state index is 0.138. The molecule has 0 unspecified atom stereocenters. The quantitative estimate of drug-likeness (QED) is 0.883. The fraction of sp³-hybridized carbons (Fsp3) is 0.444. The number of piperazine rings is 1. The first-order valence-corrected chi connectivity index (χ1v) is 10.3. The second-order valence-electron chi connectivity index (χ2n) is 6.99. The minimum atomic E-state index is -3.52. The van der Waals surface area contributed by atoms with E-state index in [1.165, 1.54) is 4.31 Å². The van der Waals surface area contributed by atoms with Gasteiger partial charge in [0.15, 0.2) is 0 Å². The lowest BCUT2D eigenvalue weighted by Gasteiger charge is -2.33. The van der Waals surface area contributed by atoms with E-state index in [2.05, 4.69) is 10.2 Å². The molecule has 0 bridgehead atoms. The average molecular weight is 374 g/mol. The van der Waals surface area contributed by atoms with Crippen LogP contribution in [0.2, 0.25) is 0 Å². The van der Waals surface area contributed by atoms with Crippen LogP contribution in [0.4, 0.5) is 0 Å². The van der Waals surface area contributed by atoms with Gasteiger partial charge in [-0.2, -0.15) is 9.40 Å². The van der Waals surface area contributed by atoms with Crippen molar-refractivity contribution in [2.24, 2.45) is 0 Å². The Balaban J connectivity index is 1.41. The van der Waals surface area contributed by atoms with Crippen LogP contribution in [0.3, 0.4) is 0 Å². The van der Waals surface area contributed by atoms with Gasteiger partial charge in [-0.3, -0.25) is 9.89 Å². The van der Waals surface area contributed by atoms with E-state index in [1.54, 1.807) is 29.2 Å². The third-order valence-corrected chi connectivity index (χ3v) is 6.93. The van der Waals surface area contributed by atoms with Crippen LogP contribution in [0.15, 0.2) is 35.2 Å². The van der Waals surface area contributed by atoms with Crippen LogP contribution < -0.4 is 0 Å². The summed E-state index contributed by atoms with van der Waals surface area (Å²) in [4.78, 5) is 14.6. The van der Waals surface area contributed by atoms with Crippen LogP contribution in [-0.2, 0) is 10.0 Å². The molecular formula is C18H22N4O3S. The lowest BCUT2D eigenvalue weighted by molar-refractivity contribution is 0.0692. The highest BCUT2D eigenvalue weighted by Crippen LogP contribution is 2.39. The molecule has 1 aromatic carbocycles. The summed E-state index contributed by atoms with van der Waals surface area (Å²) in [5.74, 6) is 0.376. The Morgan fingerprint density at radius 2 is 1.77 bits per heavy atom. The van der Waals surface area contributed by atoms with E-state index in [-0.39, 0.29) is 5.91 Å². The number of aromatic nitrogens is 2. The van der Waals surface area contributed by atoms with E-state index in [4.69, 9.17) is 0 Å². The predicted molar refractivity (Wildman–Crippen MR) is 96.4 cm³/mol. The van der Waals surface area contributed by atoms with Crippen molar-refractivity contribution in [3.05, 3.63) is 47.3 Å². The molecule has 1 aromatic heterocycles. The summed E-state index contributed by atoms with van der Waals surface area (Å²) in [6.07, 6.45) is 2.29. The van der Waals surface area contributed by atoms with Crippen LogP contribution in [0.25, 0.3) is 0 Å². The van der Waals surface area contributed by atoms with Gasteiger partial charge in [0.25, 0.3) is 5.91 Å². The number of hydrogen-bond acceptors (Lipinski definition) is 4. The van der Waals surface area contributed by atoms with E-state index in [9.17, 15) is 13.2 Å². The summed E-state index contributed by atoms with van der Waals surface area (Å²) in [6.45, 7) is 3.25. The molecule has 7 nitrogen and oxygen atoms in total. The van der Waals surface area contributed by atoms with Crippen molar-refractivity contribution >= 4 is 15.9 Å². The lowest BCUT2D eigenvalue weighted by Crippen LogP contribution is -2.50. The Morgan fingerprint density at radius 1 is 1.12 bits per heavy atom. The zero-order chi connectivity index (χ0) is 18.3. The Bertz CT molecular complexity index is 908. The monoisotopic (exact) mass is 374 g/mol. The number of nitrogens with one attached hydrogen (secondary N) is 1. The number of nitrogens with zero attached hydrogens (tertiary/aromatic N) is 3. The van der Waals surface area contributed by atoms with Crippen LogP contribution >= 0.6 is 0 Å². The fourth-order valence-corrected chi connectivity index (χ4v) is 4.62. The molecule has 1 N–H and O–H groups in total. The van der Waals surface area contributed by atoms with Crippen molar-refractivity contribution in [2.75, 3.05) is 26.2 Å². The van der Waals surface area contributed by atoms with E-state index in [0.29, 0.717) is 42.7 Å². The largest absolute Gasteiger partial charge is 0.335 e. The summed E-state index contributed by atoms with van der Waals surface area (Å²) in [7, 11) is -3.52. The molecule has 0 atom stereocenters. The summed E-state index contributed by atoms with van der Waals surface area (Å²) in [5.41, 5.74) is 2.46. The first-order chi connectivity index (χ1) is 12.4. The lowest BCUT2D eigenvalue weighted by atomic mass is 10.2. The molecule has 1 saturated carbocycles. The van der Waals surface area contributed by atoms with Gasteiger partial charge in [0, 0.05) is 37.8 Å². The molecule has 1 saturated heterocycles. The molecule has 8 heteroatoms.